The van der Waals surface area contributed by atoms with E-state index in [-0.39, 0.29) is 23.9 Å². The second-order valence-electron chi connectivity index (χ2n) is 10.5. The van der Waals surface area contributed by atoms with E-state index in [0.717, 1.165) is 50.7 Å². The first-order valence-electron chi connectivity index (χ1n) is 12.3. The molecule has 0 radical (unpaired) electrons. The summed E-state index contributed by atoms with van der Waals surface area (Å²) in [7, 11) is 3.41. The summed E-state index contributed by atoms with van der Waals surface area (Å²) >= 11 is 0. The first-order valence-corrected chi connectivity index (χ1v) is 12.3. The highest BCUT2D eigenvalue weighted by Gasteiger charge is 2.57. The maximum absolute atomic E-state index is 12.8. The summed E-state index contributed by atoms with van der Waals surface area (Å²) in [6.07, 6.45) is 8.64. The number of hydrogen-bond donors (Lipinski definition) is 0. The van der Waals surface area contributed by atoms with Crippen molar-refractivity contribution >= 4 is 11.9 Å². The van der Waals surface area contributed by atoms with Crippen molar-refractivity contribution in [2.45, 2.75) is 72.3 Å². The Bertz CT molecular complexity index is 860. The summed E-state index contributed by atoms with van der Waals surface area (Å²) < 4.78 is 16.1. The molecule has 6 heteroatoms. The standard InChI is InChI=1S/C27H41NO5/c1-7-32-24(29)18-28(5)17-22-20(13-16-33-22)10-11-21-19(2)9-12-23-26(21,3)14-8-15-27(23,4)25(30)31-6/h13,16,21,23H,2,7-12,14-15,17-18H2,1,3-6H3/t21?,23?,26?,27-/m0/s1. The molecule has 0 N–H and O–H groups in total. The van der Waals surface area contributed by atoms with E-state index >= 15 is 0 Å². The van der Waals surface area contributed by atoms with E-state index in [1.807, 2.05) is 24.9 Å². The van der Waals surface area contributed by atoms with Crippen LogP contribution in [0.2, 0.25) is 0 Å². The number of aryl methyl sites for hydroxylation is 1. The minimum Gasteiger partial charge on any atom is -0.469 e. The van der Waals surface area contributed by atoms with Crippen LogP contribution >= 0.6 is 0 Å². The van der Waals surface area contributed by atoms with Gasteiger partial charge in [-0.1, -0.05) is 25.5 Å². The Hall–Kier alpha value is -2.08. The highest BCUT2D eigenvalue weighted by molar-refractivity contribution is 5.77. The lowest BCUT2D eigenvalue weighted by Gasteiger charge is -2.57. The Balaban J connectivity index is 1.71. The third-order valence-electron chi connectivity index (χ3n) is 8.33. The van der Waals surface area contributed by atoms with Gasteiger partial charge in [-0.3, -0.25) is 14.5 Å². The van der Waals surface area contributed by atoms with E-state index in [0.29, 0.717) is 25.0 Å². The van der Waals surface area contributed by atoms with E-state index in [9.17, 15) is 9.59 Å². The van der Waals surface area contributed by atoms with Crippen molar-refractivity contribution < 1.29 is 23.5 Å². The molecule has 1 heterocycles. The minimum atomic E-state index is -0.419. The smallest absolute Gasteiger partial charge is 0.320 e. The molecule has 1 aromatic heterocycles. The average Bonchev–Trinajstić information content (AvgIpc) is 3.19. The number of carbonyl (C=O) groups is 2. The van der Waals surface area contributed by atoms with Gasteiger partial charge in [0.15, 0.2) is 0 Å². The van der Waals surface area contributed by atoms with E-state index in [1.165, 1.54) is 18.2 Å². The second kappa shape index (κ2) is 10.5. The van der Waals surface area contributed by atoms with Gasteiger partial charge in [-0.05, 0) is 88.3 Å². The van der Waals surface area contributed by atoms with Gasteiger partial charge in [0, 0.05) is 0 Å². The molecule has 33 heavy (non-hydrogen) atoms. The fourth-order valence-corrected chi connectivity index (χ4v) is 6.72. The zero-order valence-corrected chi connectivity index (χ0v) is 21.1. The summed E-state index contributed by atoms with van der Waals surface area (Å²) in [5, 5.41) is 0. The van der Waals surface area contributed by atoms with Crippen LogP contribution in [0.4, 0.5) is 0 Å². The molecule has 2 saturated carbocycles. The first kappa shape index (κ1) is 25.5. The van der Waals surface area contributed by atoms with Crippen LogP contribution in [-0.2, 0) is 32.0 Å². The molecule has 0 saturated heterocycles. The molecular weight excluding hydrogens is 418 g/mol. The van der Waals surface area contributed by atoms with Crippen molar-refractivity contribution in [1.29, 1.82) is 0 Å². The van der Waals surface area contributed by atoms with Crippen LogP contribution in [0.25, 0.3) is 0 Å². The molecule has 2 aliphatic carbocycles. The normalized spacial score (nSPS) is 29.6. The van der Waals surface area contributed by atoms with Crippen LogP contribution < -0.4 is 0 Å². The lowest BCUT2D eigenvalue weighted by atomic mass is 9.46. The molecule has 6 nitrogen and oxygen atoms in total. The number of carbonyl (C=O) groups excluding carboxylic acids is 2. The number of ether oxygens (including phenoxy) is 2. The molecule has 184 valence electrons. The number of esters is 2. The highest BCUT2D eigenvalue weighted by Crippen LogP contribution is 2.62. The number of fused-ring (bicyclic) bond motifs is 1. The van der Waals surface area contributed by atoms with E-state index in [2.05, 4.69) is 20.4 Å². The SMILES string of the molecule is C=C1CCC2C(C)(CCC[C@]2(C)C(=O)OC)C1CCc1ccoc1CN(C)CC(=O)OCC. The van der Waals surface area contributed by atoms with E-state index in [4.69, 9.17) is 13.9 Å². The van der Waals surface area contributed by atoms with Crippen molar-refractivity contribution in [3.05, 3.63) is 35.8 Å². The highest BCUT2D eigenvalue weighted by atomic mass is 16.5. The summed E-state index contributed by atoms with van der Waals surface area (Å²) in [4.78, 5) is 26.5. The molecule has 2 aliphatic rings. The predicted molar refractivity (Wildman–Crippen MR) is 127 cm³/mol. The number of rotatable bonds is 9. The molecule has 3 rings (SSSR count). The van der Waals surface area contributed by atoms with Gasteiger partial charge < -0.3 is 13.9 Å². The Kier molecular flexibility index (Phi) is 8.09. The average molecular weight is 460 g/mol. The van der Waals surface area contributed by atoms with Crippen LogP contribution in [0, 0.1) is 22.7 Å². The summed E-state index contributed by atoms with van der Waals surface area (Å²) in [5.74, 6) is 1.28. The third-order valence-corrected chi connectivity index (χ3v) is 8.33. The molecule has 4 atom stereocenters. The minimum absolute atomic E-state index is 0.0428. The maximum atomic E-state index is 12.8. The Labute approximate surface area is 198 Å². The quantitative estimate of drug-likeness (QED) is 0.375. The number of methoxy groups -OCH3 is 1. The molecule has 0 aromatic carbocycles. The van der Waals surface area contributed by atoms with Crippen LogP contribution in [0.3, 0.4) is 0 Å². The van der Waals surface area contributed by atoms with Gasteiger partial charge in [-0.25, -0.2) is 0 Å². The first-order chi connectivity index (χ1) is 15.7. The third kappa shape index (κ3) is 5.21. The molecule has 0 amide bonds. The van der Waals surface area contributed by atoms with Gasteiger partial charge in [0.2, 0.25) is 0 Å². The van der Waals surface area contributed by atoms with Crippen molar-refractivity contribution in [3.8, 4) is 0 Å². The molecule has 0 aliphatic heterocycles. The summed E-state index contributed by atoms with van der Waals surface area (Å²) in [5.41, 5.74) is 2.11. The number of nitrogens with zero attached hydrogens (tertiary/aromatic N) is 1. The Morgan fingerprint density at radius 3 is 2.76 bits per heavy atom. The molecule has 0 spiro atoms. The Morgan fingerprint density at radius 2 is 2.06 bits per heavy atom. The number of likely N-dealkylation sites (N-methyl/N-ethyl adjacent to an activating group) is 1. The predicted octanol–water partition coefficient (Wildman–Crippen LogP) is 5.16. The monoisotopic (exact) mass is 459 g/mol. The van der Waals surface area contributed by atoms with Crippen molar-refractivity contribution in [2.75, 3.05) is 27.3 Å². The van der Waals surface area contributed by atoms with E-state index in [1.54, 1.807) is 6.26 Å². The van der Waals surface area contributed by atoms with Crippen molar-refractivity contribution in [1.82, 2.24) is 4.90 Å². The molecule has 1 aromatic rings. The maximum Gasteiger partial charge on any atom is 0.320 e. The topological polar surface area (TPSA) is 69.0 Å². The zero-order chi connectivity index (χ0) is 24.2. The number of allylic oxidation sites excluding steroid dienone is 1. The van der Waals surface area contributed by atoms with Gasteiger partial charge in [0.25, 0.3) is 0 Å². The number of furan rings is 1. The number of hydrogen-bond acceptors (Lipinski definition) is 6. The molecule has 2 fully saturated rings. The zero-order valence-electron chi connectivity index (χ0n) is 21.1. The van der Waals surface area contributed by atoms with Crippen molar-refractivity contribution in [3.63, 3.8) is 0 Å². The molecule has 3 unspecified atom stereocenters. The largest absolute Gasteiger partial charge is 0.469 e. The lowest BCUT2D eigenvalue weighted by molar-refractivity contribution is -0.168. The van der Waals surface area contributed by atoms with Gasteiger partial charge in [-0.2, -0.15) is 0 Å². The van der Waals surface area contributed by atoms with Gasteiger partial charge in [0.05, 0.1) is 38.5 Å². The Morgan fingerprint density at radius 1 is 1.30 bits per heavy atom. The lowest BCUT2D eigenvalue weighted by Crippen LogP contribution is -2.53. The van der Waals surface area contributed by atoms with Crippen LogP contribution in [0.1, 0.15) is 70.6 Å². The fraction of sp³-hybridized carbons (Fsp3) is 0.704. The van der Waals surface area contributed by atoms with Crippen molar-refractivity contribution in [2.24, 2.45) is 22.7 Å². The molecule has 0 bridgehead atoms. The fourth-order valence-electron chi connectivity index (χ4n) is 6.72. The second-order valence-corrected chi connectivity index (χ2v) is 10.5. The van der Waals surface area contributed by atoms with Crippen LogP contribution in [-0.4, -0.2) is 44.1 Å². The van der Waals surface area contributed by atoms with Gasteiger partial charge in [-0.15, -0.1) is 0 Å². The van der Waals surface area contributed by atoms with Crippen LogP contribution in [0.15, 0.2) is 28.9 Å². The van der Waals surface area contributed by atoms with Gasteiger partial charge >= 0.3 is 11.9 Å². The summed E-state index contributed by atoms with van der Waals surface area (Å²) in [6, 6.07) is 2.04. The van der Waals surface area contributed by atoms with Crippen LogP contribution in [0.5, 0.6) is 0 Å². The molecular formula is C27H41NO5. The van der Waals surface area contributed by atoms with Gasteiger partial charge in [0.1, 0.15) is 5.76 Å². The summed E-state index contributed by atoms with van der Waals surface area (Å²) in [6.45, 7) is 11.9. The van der Waals surface area contributed by atoms with E-state index < -0.39 is 5.41 Å².